The molecular weight excluding hydrogens is 437 g/mol. The van der Waals surface area contributed by atoms with Gasteiger partial charge in [-0.15, -0.1) is 22.7 Å². The van der Waals surface area contributed by atoms with Crippen LogP contribution in [0.15, 0.2) is 52.1 Å². The summed E-state index contributed by atoms with van der Waals surface area (Å²) in [4.78, 5) is 38.6. The third kappa shape index (κ3) is 4.01. The molecule has 4 aromatic rings. The van der Waals surface area contributed by atoms with E-state index >= 15 is 0 Å². The van der Waals surface area contributed by atoms with Crippen LogP contribution in [0.2, 0.25) is 0 Å². The van der Waals surface area contributed by atoms with Crippen LogP contribution in [0, 0.1) is 5.82 Å². The van der Waals surface area contributed by atoms with E-state index in [-0.39, 0.29) is 17.3 Å². The van der Waals surface area contributed by atoms with Crippen LogP contribution in [0.25, 0.3) is 15.5 Å². The van der Waals surface area contributed by atoms with E-state index in [4.69, 9.17) is 0 Å². The standard InChI is InChI=1S/C21H18FN5O2S2/c22-16-4-2-1-3-15(16)19-24-17(13-31-19)20(29)26-7-5-25(6-8-26)12-14-11-18(28)27-9-10-30-21(27)23-14/h1-4,9-11,13H,5-8,12H2. The molecule has 0 aliphatic carbocycles. The van der Waals surface area contributed by atoms with Crippen molar-refractivity contribution in [1.29, 1.82) is 0 Å². The Bertz CT molecular complexity index is 1310. The summed E-state index contributed by atoms with van der Waals surface area (Å²) < 4.78 is 15.5. The van der Waals surface area contributed by atoms with Gasteiger partial charge in [0.15, 0.2) is 4.96 Å². The second kappa shape index (κ2) is 8.29. The molecule has 31 heavy (non-hydrogen) atoms. The third-order valence-corrected chi connectivity index (χ3v) is 6.86. The minimum absolute atomic E-state index is 0.0794. The molecule has 1 aromatic carbocycles. The highest BCUT2D eigenvalue weighted by Crippen LogP contribution is 2.26. The fourth-order valence-electron chi connectivity index (χ4n) is 3.60. The number of hydrogen-bond acceptors (Lipinski definition) is 7. The van der Waals surface area contributed by atoms with Crippen LogP contribution < -0.4 is 5.56 Å². The molecule has 4 heterocycles. The first-order valence-electron chi connectivity index (χ1n) is 9.76. The van der Waals surface area contributed by atoms with Gasteiger partial charge in [0.25, 0.3) is 11.5 Å². The van der Waals surface area contributed by atoms with Gasteiger partial charge >= 0.3 is 0 Å². The van der Waals surface area contributed by atoms with Crippen LogP contribution in [0.1, 0.15) is 16.2 Å². The summed E-state index contributed by atoms with van der Waals surface area (Å²) in [6, 6.07) is 7.99. The van der Waals surface area contributed by atoms with Crippen molar-refractivity contribution < 1.29 is 9.18 Å². The average Bonchev–Trinajstić information content (AvgIpc) is 3.44. The van der Waals surface area contributed by atoms with E-state index in [1.807, 2.05) is 5.38 Å². The van der Waals surface area contributed by atoms with Crippen molar-refractivity contribution in [2.75, 3.05) is 26.2 Å². The average molecular weight is 456 g/mol. The molecule has 0 atom stereocenters. The summed E-state index contributed by atoms with van der Waals surface area (Å²) in [5, 5.41) is 4.03. The zero-order valence-corrected chi connectivity index (χ0v) is 18.0. The normalized spacial score (nSPS) is 14.9. The van der Waals surface area contributed by atoms with Crippen LogP contribution in [-0.4, -0.2) is 56.3 Å². The predicted molar refractivity (Wildman–Crippen MR) is 118 cm³/mol. The SMILES string of the molecule is O=C(c1csc(-c2ccccc2F)n1)N1CCN(Cc2cc(=O)n3ccsc3n2)CC1. The summed E-state index contributed by atoms with van der Waals surface area (Å²) in [5.74, 6) is -0.492. The smallest absolute Gasteiger partial charge is 0.273 e. The number of hydrogen-bond donors (Lipinski definition) is 0. The van der Waals surface area contributed by atoms with Crippen LogP contribution in [-0.2, 0) is 6.54 Å². The van der Waals surface area contributed by atoms with Crippen LogP contribution in [0.5, 0.6) is 0 Å². The van der Waals surface area contributed by atoms with Gasteiger partial charge in [0, 0.05) is 61.3 Å². The van der Waals surface area contributed by atoms with Crippen molar-refractivity contribution in [3.63, 3.8) is 0 Å². The molecule has 0 radical (unpaired) electrons. The molecule has 3 aromatic heterocycles. The maximum absolute atomic E-state index is 14.0. The van der Waals surface area contributed by atoms with Crippen molar-refractivity contribution >= 4 is 33.5 Å². The first-order chi connectivity index (χ1) is 15.1. The van der Waals surface area contributed by atoms with E-state index in [9.17, 15) is 14.0 Å². The molecule has 1 aliphatic heterocycles. The zero-order chi connectivity index (χ0) is 21.4. The van der Waals surface area contributed by atoms with Gasteiger partial charge in [-0.05, 0) is 12.1 Å². The van der Waals surface area contributed by atoms with Crippen molar-refractivity contribution in [3.05, 3.63) is 74.8 Å². The number of fused-ring (bicyclic) bond motifs is 1. The molecule has 158 valence electrons. The molecule has 1 saturated heterocycles. The van der Waals surface area contributed by atoms with Crippen LogP contribution >= 0.6 is 22.7 Å². The number of carbonyl (C=O) groups excluding carboxylic acids is 1. The summed E-state index contributed by atoms with van der Waals surface area (Å²) >= 11 is 2.70. The van der Waals surface area contributed by atoms with Gasteiger partial charge in [0.2, 0.25) is 0 Å². The Morgan fingerprint density at radius 2 is 1.90 bits per heavy atom. The van der Waals surface area contributed by atoms with Crippen LogP contribution in [0.3, 0.4) is 0 Å². The monoisotopic (exact) mass is 455 g/mol. The Kier molecular flexibility index (Phi) is 5.34. The maximum Gasteiger partial charge on any atom is 0.273 e. The van der Waals surface area contributed by atoms with E-state index in [0.29, 0.717) is 53.9 Å². The number of aromatic nitrogens is 3. The third-order valence-electron chi connectivity index (χ3n) is 5.23. The summed E-state index contributed by atoms with van der Waals surface area (Å²) in [5.41, 5.74) is 1.41. The number of halogens is 1. The Morgan fingerprint density at radius 3 is 2.71 bits per heavy atom. The van der Waals surface area contributed by atoms with Gasteiger partial charge in [-0.2, -0.15) is 0 Å². The van der Waals surface area contributed by atoms with Gasteiger partial charge in [0.05, 0.1) is 5.69 Å². The quantitative estimate of drug-likeness (QED) is 0.473. The lowest BCUT2D eigenvalue weighted by Gasteiger charge is -2.34. The topological polar surface area (TPSA) is 70.8 Å². The molecule has 1 amide bonds. The molecule has 1 fully saturated rings. The Hall–Kier alpha value is -2.95. The second-order valence-electron chi connectivity index (χ2n) is 7.23. The molecule has 0 bridgehead atoms. The number of carbonyl (C=O) groups is 1. The summed E-state index contributed by atoms with van der Waals surface area (Å²) in [7, 11) is 0. The van der Waals surface area contributed by atoms with Gasteiger partial charge in [-0.25, -0.2) is 14.4 Å². The first-order valence-corrected chi connectivity index (χ1v) is 11.5. The largest absolute Gasteiger partial charge is 0.335 e. The summed E-state index contributed by atoms with van der Waals surface area (Å²) in [6.45, 7) is 3.06. The van der Waals surface area contributed by atoms with E-state index in [1.54, 1.807) is 40.7 Å². The number of nitrogens with zero attached hydrogens (tertiary/aromatic N) is 5. The minimum Gasteiger partial charge on any atom is -0.335 e. The van der Waals surface area contributed by atoms with Crippen molar-refractivity contribution in [2.24, 2.45) is 0 Å². The van der Waals surface area contributed by atoms with Gasteiger partial charge in [-0.1, -0.05) is 12.1 Å². The minimum atomic E-state index is -0.349. The van der Waals surface area contributed by atoms with E-state index in [1.165, 1.54) is 33.1 Å². The van der Waals surface area contributed by atoms with E-state index < -0.39 is 0 Å². The predicted octanol–water partition coefficient (Wildman–Crippen LogP) is 2.98. The highest BCUT2D eigenvalue weighted by Gasteiger charge is 2.24. The second-order valence-corrected chi connectivity index (χ2v) is 8.96. The summed E-state index contributed by atoms with van der Waals surface area (Å²) in [6.07, 6.45) is 1.72. The lowest BCUT2D eigenvalue weighted by atomic mass is 10.2. The molecule has 7 nitrogen and oxygen atoms in total. The fraction of sp³-hybridized carbons (Fsp3) is 0.238. The molecular formula is C21H18FN5O2S2. The highest BCUT2D eigenvalue weighted by atomic mass is 32.1. The van der Waals surface area contributed by atoms with Crippen molar-refractivity contribution in [1.82, 2.24) is 24.2 Å². The maximum atomic E-state index is 14.0. The Labute approximate surface area is 185 Å². The Morgan fingerprint density at radius 1 is 1.10 bits per heavy atom. The Balaban J connectivity index is 1.23. The fourth-order valence-corrected chi connectivity index (χ4v) is 5.16. The van der Waals surface area contributed by atoms with Crippen molar-refractivity contribution in [2.45, 2.75) is 6.54 Å². The number of rotatable bonds is 4. The number of amides is 1. The molecule has 0 unspecified atom stereocenters. The molecule has 0 spiro atoms. The van der Waals surface area contributed by atoms with Gasteiger partial charge in [-0.3, -0.25) is 18.9 Å². The van der Waals surface area contributed by atoms with Crippen LogP contribution in [0.4, 0.5) is 4.39 Å². The highest BCUT2D eigenvalue weighted by molar-refractivity contribution is 7.15. The van der Waals surface area contributed by atoms with E-state index in [2.05, 4.69) is 14.9 Å². The van der Waals surface area contributed by atoms with Gasteiger partial charge < -0.3 is 4.90 Å². The molecule has 1 aliphatic rings. The first kappa shape index (κ1) is 20.0. The zero-order valence-electron chi connectivity index (χ0n) is 16.4. The molecule has 0 N–H and O–H groups in total. The molecule has 5 rings (SSSR count). The molecule has 0 saturated carbocycles. The van der Waals surface area contributed by atoms with Crippen molar-refractivity contribution in [3.8, 4) is 10.6 Å². The van der Waals surface area contributed by atoms with Gasteiger partial charge in [0.1, 0.15) is 16.5 Å². The molecule has 10 heteroatoms. The lowest BCUT2D eigenvalue weighted by Crippen LogP contribution is -2.48. The number of piperazine rings is 1. The number of thiazole rings is 2. The van der Waals surface area contributed by atoms with E-state index in [0.717, 1.165) is 5.69 Å². The lowest BCUT2D eigenvalue weighted by molar-refractivity contribution is 0.0622. The number of benzene rings is 1.